The highest BCUT2D eigenvalue weighted by Gasteiger charge is 2.10. The molecule has 0 atom stereocenters. The summed E-state index contributed by atoms with van der Waals surface area (Å²) < 4.78 is 0. The van der Waals surface area contributed by atoms with Crippen LogP contribution in [0.1, 0.15) is 77.9 Å². The van der Waals surface area contributed by atoms with Gasteiger partial charge in [0.2, 0.25) is 0 Å². The van der Waals surface area contributed by atoms with Gasteiger partial charge in [0, 0.05) is 0 Å². The predicted octanol–water partition coefficient (Wildman–Crippen LogP) is 36.1. The van der Waals surface area contributed by atoms with Gasteiger partial charge in [-0.05, 0) is 265 Å². The molecule has 630 valence electrons. The number of hydrogen-bond donors (Lipinski definition) is 0. The summed E-state index contributed by atoms with van der Waals surface area (Å²) in [6, 6.07) is 164. The molecule has 0 bridgehead atoms. The van der Waals surface area contributed by atoms with Gasteiger partial charge in [-0.3, -0.25) is 0 Å². The first kappa shape index (κ1) is 90.9. The SMILES string of the molecule is Cc1ccc(-c2ccc(-c3ccc(C)cc3)cc2)cc1.Cc1ccc(-c2ccc(-c3cccc(C)c3)cc2)cc1.Cc1ccc(-c2ccc(-c3ccccc3C)cc2)cc1.Cc1ccc(-c2cccc(-c3ccc(C)cc3)c2)cc1.Cc1ccc(-c2cccc(-c3cccc(C)c3)c2)cc1.Cc1cccc(-c2ccccc2C)c1.Cc1ccccc1-c1ccccc1C. The first-order valence-electron chi connectivity index (χ1n) is 44.6. The van der Waals surface area contributed by atoms with Crippen LogP contribution in [0.4, 0.5) is 0 Å². The molecule has 0 aliphatic heterocycles. The number of hydrogen-bond acceptors (Lipinski definition) is 0. The van der Waals surface area contributed by atoms with Gasteiger partial charge in [-0.25, -0.2) is 0 Å². The van der Waals surface area contributed by atoms with Gasteiger partial charge in [-0.15, -0.1) is 0 Å². The molecule has 0 unspecified atom stereocenters. The molecule has 0 aliphatic carbocycles. The van der Waals surface area contributed by atoms with Crippen molar-refractivity contribution in [2.24, 2.45) is 0 Å². The summed E-state index contributed by atoms with van der Waals surface area (Å²) in [5.74, 6) is 0. The van der Waals surface area contributed by atoms with Gasteiger partial charge in [0.15, 0.2) is 0 Å². The zero-order chi connectivity index (χ0) is 89.7. The highest BCUT2D eigenvalue weighted by molar-refractivity contribution is 5.79. The maximum Gasteiger partial charge on any atom is -0.0152 e. The van der Waals surface area contributed by atoms with Crippen LogP contribution < -0.4 is 0 Å². The van der Waals surface area contributed by atoms with E-state index in [1.165, 1.54) is 211 Å². The van der Waals surface area contributed by atoms with E-state index in [0.29, 0.717) is 0 Å². The Morgan fingerprint density at radius 2 is 0.234 bits per heavy atom. The second kappa shape index (κ2) is 45.2. The minimum absolute atomic E-state index is 1.26. The normalized spacial score (nSPS) is 10.4. The molecule has 0 aliphatic rings. The van der Waals surface area contributed by atoms with Gasteiger partial charge in [-0.2, -0.15) is 0 Å². The highest BCUT2D eigenvalue weighted by atomic mass is 14.1. The predicted molar refractivity (Wildman–Crippen MR) is 557 cm³/mol. The van der Waals surface area contributed by atoms with Crippen LogP contribution in [0.2, 0.25) is 0 Å². The number of rotatable bonds is 12. The molecular weight excluding hydrogens is 1540 g/mol. The van der Waals surface area contributed by atoms with E-state index in [4.69, 9.17) is 0 Å². The monoisotopic (exact) mass is 1650 g/mol. The van der Waals surface area contributed by atoms with Gasteiger partial charge in [0.05, 0.1) is 0 Å². The summed E-state index contributed by atoms with van der Waals surface area (Å²) in [6.45, 7) is 29.8. The molecule has 0 radical (unpaired) electrons. The maximum atomic E-state index is 2.26. The summed E-state index contributed by atoms with van der Waals surface area (Å²) >= 11 is 0. The molecule has 0 spiro atoms. The Bertz CT molecular complexity index is 6540. The Labute approximate surface area is 764 Å². The van der Waals surface area contributed by atoms with Crippen molar-refractivity contribution in [3.8, 4) is 134 Å². The van der Waals surface area contributed by atoms with Crippen LogP contribution in [-0.4, -0.2) is 0 Å². The van der Waals surface area contributed by atoms with E-state index in [1.807, 2.05) is 0 Å². The van der Waals surface area contributed by atoms with Crippen molar-refractivity contribution in [2.75, 3.05) is 0 Å². The van der Waals surface area contributed by atoms with Gasteiger partial charge in [0.1, 0.15) is 0 Å². The maximum absolute atomic E-state index is 2.26. The molecule has 0 N–H and O–H groups in total. The molecule has 19 rings (SSSR count). The molecule has 0 heterocycles. The first-order valence-corrected chi connectivity index (χ1v) is 44.6. The fraction of sp³-hybridized carbons (Fsp3) is 0.109. The Kier molecular flexibility index (Phi) is 32.1. The van der Waals surface area contributed by atoms with Crippen molar-refractivity contribution in [1.82, 2.24) is 0 Å². The van der Waals surface area contributed by atoms with Crippen molar-refractivity contribution < 1.29 is 0 Å². The molecule has 0 saturated heterocycles. The fourth-order valence-corrected chi connectivity index (χ4v) is 15.5. The van der Waals surface area contributed by atoms with Crippen molar-refractivity contribution in [1.29, 1.82) is 0 Å². The van der Waals surface area contributed by atoms with Crippen LogP contribution in [0, 0.1) is 96.9 Å². The van der Waals surface area contributed by atoms with Crippen molar-refractivity contribution in [3.63, 3.8) is 0 Å². The minimum atomic E-state index is 1.26. The summed E-state index contributed by atoms with van der Waals surface area (Å²) in [5, 5.41) is 0. The number of aryl methyl sites for hydroxylation is 14. The molecule has 0 amide bonds. The average molecular weight is 1660 g/mol. The van der Waals surface area contributed by atoms with Crippen LogP contribution in [0.25, 0.3) is 134 Å². The van der Waals surface area contributed by atoms with Crippen LogP contribution in [0.3, 0.4) is 0 Å². The van der Waals surface area contributed by atoms with E-state index < -0.39 is 0 Å². The topological polar surface area (TPSA) is 0 Å². The molecule has 0 fully saturated rings. The number of benzene rings is 19. The largest absolute Gasteiger partial charge is 0.0620 e. The standard InChI is InChI=1S/5C20H18.2C14H14/c1-15-3-7-17(8-4-15)19-11-13-20(14-12-19)18-9-5-16(2)6-10-18;1-15-9-11-17(12-10-15)19-7-4-8-20(14-19)18-6-3-5-16(2)13-18;1-15-6-10-17(11-7-15)19-4-3-5-20(14-19)18-12-8-16(2)9-13-18;1-15-6-8-17(9-7-15)18-10-12-19(13-11-18)20-5-3-4-16(2)14-20;1-15-7-9-17(10-8-15)18-11-13-19(14-12-18)20-6-4-3-5-16(20)2;1-11-7-3-5-9-13(11)14-10-6-4-8-12(14)2;1-11-6-5-8-13(10-11)14-9-4-3-7-12(14)2/h5*3-14H,1-2H3;2*3-10H,1-2H3. The molecular formula is C128H118. The van der Waals surface area contributed by atoms with Crippen molar-refractivity contribution in [2.45, 2.75) is 96.9 Å². The zero-order valence-electron chi connectivity index (χ0n) is 76.9. The van der Waals surface area contributed by atoms with Crippen LogP contribution >= 0.6 is 0 Å². The van der Waals surface area contributed by atoms with Crippen LogP contribution in [-0.2, 0) is 0 Å². The smallest absolute Gasteiger partial charge is 0.0152 e. The summed E-state index contributed by atoms with van der Waals surface area (Å²) in [6.07, 6.45) is 0. The Balaban J connectivity index is 0.000000128. The van der Waals surface area contributed by atoms with E-state index in [1.54, 1.807) is 0 Å². The highest BCUT2D eigenvalue weighted by Crippen LogP contribution is 2.35. The average Bonchev–Trinajstić information content (AvgIpc) is 0.837. The van der Waals surface area contributed by atoms with Crippen LogP contribution in [0.5, 0.6) is 0 Å². The molecule has 0 saturated carbocycles. The molecule has 0 heteroatoms. The van der Waals surface area contributed by atoms with Gasteiger partial charge >= 0.3 is 0 Å². The minimum Gasteiger partial charge on any atom is -0.0620 e. The van der Waals surface area contributed by atoms with E-state index >= 15 is 0 Å². The van der Waals surface area contributed by atoms with Crippen molar-refractivity contribution >= 4 is 0 Å². The molecule has 19 aromatic rings. The quantitative estimate of drug-likeness (QED) is 0.114. The third-order valence-corrected chi connectivity index (χ3v) is 23.3. The zero-order valence-corrected chi connectivity index (χ0v) is 76.9. The fourth-order valence-electron chi connectivity index (χ4n) is 15.5. The molecule has 128 heavy (non-hydrogen) atoms. The summed E-state index contributed by atoms with van der Waals surface area (Å²) in [4.78, 5) is 0. The molecule has 19 aromatic carbocycles. The lowest BCUT2D eigenvalue weighted by atomic mass is 9.97. The van der Waals surface area contributed by atoms with E-state index in [-0.39, 0.29) is 0 Å². The first-order chi connectivity index (χ1) is 62.2. The summed E-state index contributed by atoms with van der Waals surface area (Å²) in [5.41, 5.74) is 49.0. The lowest BCUT2D eigenvalue weighted by Crippen LogP contribution is -1.85. The van der Waals surface area contributed by atoms with E-state index in [2.05, 4.69) is 558 Å². The molecule has 0 nitrogen and oxygen atoms in total. The van der Waals surface area contributed by atoms with Crippen LogP contribution in [0.15, 0.2) is 461 Å². The van der Waals surface area contributed by atoms with Gasteiger partial charge in [0.25, 0.3) is 0 Å². The van der Waals surface area contributed by atoms with E-state index in [9.17, 15) is 0 Å². The van der Waals surface area contributed by atoms with Gasteiger partial charge in [-0.1, -0.05) is 505 Å². The summed E-state index contributed by atoms with van der Waals surface area (Å²) in [7, 11) is 0. The lowest BCUT2D eigenvalue weighted by molar-refractivity contribution is 1.41. The van der Waals surface area contributed by atoms with Crippen molar-refractivity contribution in [3.05, 3.63) is 539 Å². The third-order valence-electron chi connectivity index (χ3n) is 23.3. The van der Waals surface area contributed by atoms with E-state index in [0.717, 1.165) is 0 Å². The molecule has 0 aromatic heterocycles. The Morgan fingerprint density at radius 3 is 0.461 bits per heavy atom. The third kappa shape index (κ3) is 26.2. The second-order valence-electron chi connectivity index (χ2n) is 33.8. The Hall–Kier alpha value is -14.8. The second-order valence-corrected chi connectivity index (χ2v) is 33.8. The van der Waals surface area contributed by atoms with Gasteiger partial charge < -0.3 is 0 Å². The lowest BCUT2D eigenvalue weighted by Gasteiger charge is -2.08. The Morgan fingerprint density at radius 1 is 0.0859 bits per heavy atom.